The number of hydrogen-bond donors (Lipinski definition) is 0. The predicted octanol–water partition coefficient (Wildman–Crippen LogP) is 5.06. The maximum Gasteiger partial charge on any atom is 0.0949 e. The molecule has 1 rings (SSSR count). The summed E-state index contributed by atoms with van der Waals surface area (Å²) < 4.78 is 0. The van der Waals surface area contributed by atoms with E-state index in [2.05, 4.69) is 68.5 Å². The van der Waals surface area contributed by atoms with Crippen molar-refractivity contribution < 1.29 is 0 Å². The van der Waals surface area contributed by atoms with Gasteiger partial charge in [-0.25, -0.2) is 4.99 Å². The first kappa shape index (κ1) is 16.2. The molecule has 0 radical (unpaired) electrons. The van der Waals surface area contributed by atoms with Gasteiger partial charge < -0.3 is 0 Å². The molecule has 106 valence electrons. The highest BCUT2D eigenvalue weighted by Gasteiger charge is 2.09. The van der Waals surface area contributed by atoms with Gasteiger partial charge >= 0.3 is 0 Å². The molecule has 1 aromatic carbocycles. The third-order valence-corrected chi connectivity index (χ3v) is 2.64. The van der Waals surface area contributed by atoms with Crippen molar-refractivity contribution in [2.75, 3.05) is 6.54 Å². The van der Waals surface area contributed by atoms with Crippen molar-refractivity contribution in [2.24, 2.45) is 15.4 Å². The van der Waals surface area contributed by atoms with Gasteiger partial charge in [-0.1, -0.05) is 37.0 Å². The number of aliphatic imine (C=N–C) groups is 2. The Labute approximate surface area is 123 Å². The molecule has 2 heteroatoms. The number of rotatable bonds is 4. The summed E-state index contributed by atoms with van der Waals surface area (Å²) in [5, 5.41) is 0. The summed E-state index contributed by atoms with van der Waals surface area (Å²) in [6.45, 7) is 11.3. The number of nitrogens with zero attached hydrogens (tertiary/aromatic N) is 2. The molecule has 1 aromatic rings. The van der Waals surface area contributed by atoms with E-state index in [-0.39, 0.29) is 11.3 Å². The van der Waals surface area contributed by atoms with Gasteiger partial charge in [-0.05, 0) is 45.7 Å². The van der Waals surface area contributed by atoms with E-state index in [1.54, 1.807) is 0 Å². The normalized spacial score (nSPS) is 11.8. The average molecular weight is 268 g/mol. The summed E-state index contributed by atoms with van der Waals surface area (Å²) in [5.74, 6) is 6.76. The Bertz CT molecular complexity index is 547. The second kappa shape index (κ2) is 7.68. The van der Waals surface area contributed by atoms with Gasteiger partial charge in [0, 0.05) is 17.9 Å². The van der Waals surface area contributed by atoms with Crippen molar-refractivity contribution in [1.29, 1.82) is 0 Å². The van der Waals surface area contributed by atoms with Crippen LogP contribution in [0.4, 0.5) is 5.69 Å². The van der Waals surface area contributed by atoms with E-state index < -0.39 is 0 Å². The molecule has 0 N–H and O–H groups in total. The third-order valence-electron chi connectivity index (χ3n) is 2.64. The summed E-state index contributed by atoms with van der Waals surface area (Å²) in [4.78, 5) is 8.44. The van der Waals surface area contributed by atoms with Crippen LogP contribution in [0, 0.1) is 17.3 Å². The van der Waals surface area contributed by atoms with E-state index in [1.807, 2.05) is 18.2 Å². The molecule has 0 aliphatic heterocycles. The van der Waals surface area contributed by atoms with E-state index >= 15 is 0 Å². The van der Waals surface area contributed by atoms with E-state index in [4.69, 9.17) is 0 Å². The van der Waals surface area contributed by atoms with E-state index in [0.29, 0.717) is 0 Å². The molecule has 0 heterocycles. The van der Waals surface area contributed by atoms with Crippen molar-refractivity contribution in [2.45, 2.75) is 47.0 Å². The van der Waals surface area contributed by atoms with Crippen LogP contribution >= 0.6 is 0 Å². The number of para-hydroxylation sites is 1. The lowest BCUT2D eigenvalue weighted by Gasteiger charge is -2.10. The van der Waals surface area contributed by atoms with Gasteiger partial charge in [-0.2, -0.15) is 4.99 Å². The van der Waals surface area contributed by atoms with Crippen LogP contribution in [0.15, 0.2) is 34.3 Å². The SMILES string of the molecule is CCCN=C=Nc1ccccc1C(C)C#CC(C)(C)C. The molecule has 1 atom stereocenters. The zero-order valence-corrected chi connectivity index (χ0v) is 13.2. The van der Waals surface area contributed by atoms with Gasteiger partial charge in [0.15, 0.2) is 0 Å². The summed E-state index contributed by atoms with van der Waals surface area (Å²) in [5.41, 5.74) is 2.06. The fourth-order valence-corrected chi connectivity index (χ4v) is 1.61. The Balaban J connectivity index is 3.00. The van der Waals surface area contributed by atoms with Crippen LogP contribution < -0.4 is 0 Å². The van der Waals surface area contributed by atoms with Crippen LogP contribution in [-0.2, 0) is 0 Å². The van der Waals surface area contributed by atoms with Crippen molar-refractivity contribution in [3.63, 3.8) is 0 Å². The van der Waals surface area contributed by atoms with Crippen molar-refractivity contribution in [1.82, 2.24) is 0 Å². The first-order valence-corrected chi connectivity index (χ1v) is 7.18. The molecule has 0 saturated heterocycles. The molecule has 0 aliphatic carbocycles. The first-order valence-electron chi connectivity index (χ1n) is 7.18. The quantitative estimate of drug-likeness (QED) is 0.539. The Morgan fingerprint density at radius 1 is 1.20 bits per heavy atom. The minimum Gasteiger partial charge on any atom is -0.225 e. The van der Waals surface area contributed by atoms with Crippen LogP contribution in [0.2, 0.25) is 0 Å². The molecule has 1 unspecified atom stereocenters. The molecular weight excluding hydrogens is 244 g/mol. The smallest absolute Gasteiger partial charge is 0.0949 e. The first-order chi connectivity index (χ1) is 9.44. The largest absolute Gasteiger partial charge is 0.225 e. The van der Waals surface area contributed by atoms with Gasteiger partial charge in [0.05, 0.1) is 11.7 Å². The molecule has 0 bridgehead atoms. The second-order valence-electron chi connectivity index (χ2n) is 5.89. The fourth-order valence-electron chi connectivity index (χ4n) is 1.61. The van der Waals surface area contributed by atoms with Crippen LogP contribution in [-0.4, -0.2) is 12.6 Å². The fraction of sp³-hybridized carbons (Fsp3) is 0.500. The molecule has 0 spiro atoms. The monoisotopic (exact) mass is 268 g/mol. The third kappa shape index (κ3) is 5.87. The van der Waals surface area contributed by atoms with Gasteiger partial charge in [0.1, 0.15) is 0 Å². The predicted molar refractivity (Wildman–Crippen MR) is 86.8 cm³/mol. The molecule has 0 saturated carbocycles. The highest BCUT2D eigenvalue weighted by Crippen LogP contribution is 2.26. The van der Waals surface area contributed by atoms with E-state index in [0.717, 1.165) is 24.2 Å². The van der Waals surface area contributed by atoms with E-state index in [9.17, 15) is 0 Å². The Hall–Kier alpha value is -1.84. The second-order valence-corrected chi connectivity index (χ2v) is 5.89. The highest BCUT2D eigenvalue weighted by atomic mass is 14.8. The minimum atomic E-state index is 0.0229. The Morgan fingerprint density at radius 2 is 1.90 bits per heavy atom. The molecular formula is C18H24N2. The molecule has 0 aliphatic rings. The zero-order chi connectivity index (χ0) is 15.0. The van der Waals surface area contributed by atoms with Crippen LogP contribution in [0.5, 0.6) is 0 Å². The zero-order valence-electron chi connectivity index (χ0n) is 13.2. The maximum atomic E-state index is 4.32. The van der Waals surface area contributed by atoms with Crippen molar-refractivity contribution in [3.8, 4) is 11.8 Å². The number of benzene rings is 1. The van der Waals surface area contributed by atoms with Crippen molar-refractivity contribution >= 4 is 11.7 Å². The maximum absolute atomic E-state index is 4.32. The van der Waals surface area contributed by atoms with Crippen LogP contribution in [0.3, 0.4) is 0 Å². The van der Waals surface area contributed by atoms with Gasteiger partial charge in [0.25, 0.3) is 0 Å². The molecule has 20 heavy (non-hydrogen) atoms. The van der Waals surface area contributed by atoms with E-state index in [1.165, 1.54) is 0 Å². The topological polar surface area (TPSA) is 24.7 Å². The lowest BCUT2D eigenvalue weighted by Crippen LogP contribution is -2.01. The average Bonchev–Trinajstić information content (AvgIpc) is 2.40. The van der Waals surface area contributed by atoms with Gasteiger partial charge in [-0.15, -0.1) is 0 Å². The molecule has 2 nitrogen and oxygen atoms in total. The lowest BCUT2D eigenvalue weighted by atomic mass is 9.94. The molecule has 0 fully saturated rings. The summed E-state index contributed by atoms with van der Waals surface area (Å²) in [7, 11) is 0. The van der Waals surface area contributed by atoms with Crippen LogP contribution in [0.25, 0.3) is 0 Å². The van der Waals surface area contributed by atoms with Gasteiger partial charge in [0.2, 0.25) is 0 Å². The lowest BCUT2D eigenvalue weighted by molar-refractivity contribution is 0.569. The Kier molecular flexibility index (Phi) is 6.22. The minimum absolute atomic E-state index is 0.0229. The Morgan fingerprint density at radius 3 is 2.55 bits per heavy atom. The van der Waals surface area contributed by atoms with Crippen LogP contribution in [0.1, 0.15) is 52.5 Å². The molecule has 0 aromatic heterocycles. The van der Waals surface area contributed by atoms with Gasteiger partial charge in [-0.3, -0.25) is 0 Å². The summed E-state index contributed by atoms with van der Waals surface area (Å²) >= 11 is 0. The summed E-state index contributed by atoms with van der Waals surface area (Å²) in [6, 6.07) is 10.8. The standard InChI is InChI=1S/C18H24N2/c1-6-13-19-14-20-17-10-8-7-9-16(17)15(2)11-12-18(3,4)5/h7-10,15H,6,13H2,1-5H3. The summed E-state index contributed by atoms with van der Waals surface area (Å²) in [6.07, 6.45) is 1.01. The number of hydrogen-bond acceptors (Lipinski definition) is 2. The molecule has 0 amide bonds. The van der Waals surface area contributed by atoms with Crippen molar-refractivity contribution in [3.05, 3.63) is 29.8 Å². The highest BCUT2D eigenvalue weighted by molar-refractivity contribution is 5.58.